The molecular weight excluding hydrogens is 400 g/mol. The van der Waals surface area contributed by atoms with E-state index >= 15 is 0 Å². The van der Waals surface area contributed by atoms with E-state index < -0.39 is 53.1 Å². The second-order valence-electron chi connectivity index (χ2n) is 10.9. The Labute approximate surface area is 183 Å². The summed E-state index contributed by atoms with van der Waals surface area (Å²) in [6.07, 6.45) is -1.16. The zero-order chi connectivity index (χ0) is 23.3. The standard InChI is InChI=1S/C24H34O7/c1-10-9-23-11(2)8-15-17(22(15,6)7)16(20(23)29)18(27)12(3)19(28)24(23,31-14(5)26)21(10)30-13(4)25/h9,11-12,15-19,21,27-28H,8H2,1-7H3/t11-,12+,15-,16-,17-,18-,19-,21?,23?,24+/m1/s1. The van der Waals surface area contributed by atoms with E-state index in [2.05, 4.69) is 13.8 Å². The van der Waals surface area contributed by atoms with Crippen molar-refractivity contribution in [3.8, 4) is 0 Å². The molecule has 0 aliphatic heterocycles. The van der Waals surface area contributed by atoms with Crippen molar-refractivity contribution < 1.29 is 34.1 Å². The third-order valence-electron chi connectivity index (χ3n) is 8.97. The van der Waals surface area contributed by atoms with Gasteiger partial charge in [-0.3, -0.25) is 14.4 Å². The number of aliphatic hydroxyl groups is 2. The smallest absolute Gasteiger partial charge is 0.303 e. The van der Waals surface area contributed by atoms with Gasteiger partial charge < -0.3 is 19.7 Å². The summed E-state index contributed by atoms with van der Waals surface area (Å²) in [5.41, 5.74) is -2.72. The molecule has 0 radical (unpaired) electrons. The molecule has 0 aromatic rings. The highest BCUT2D eigenvalue weighted by molar-refractivity contribution is 5.95. The van der Waals surface area contributed by atoms with Crippen molar-refractivity contribution in [3.63, 3.8) is 0 Å². The molecule has 0 saturated heterocycles. The van der Waals surface area contributed by atoms with E-state index in [1.165, 1.54) is 13.8 Å². The fraction of sp³-hybridized carbons (Fsp3) is 0.792. The zero-order valence-electron chi connectivity index (χ0n) is 19.3. The topological polar surface area (TPSA) is 110 Å². The van der Waals surface area contributed by atoms with Gasteiger partial charge in [0.1, 0.15) is 6.10 Å². The van der Waals surface area contributed by atoms with E-state index in [4.69, 9.17) is 9.47 Å². The Morgan fingerprint density at radius 3 is 2.29 bits per heavy atom. The van der Waals surface area contributed by atoms with Crippen LogP contribution in [-0.4, -0.2) is 51.8 Å². The minimum atomic E-state index is -1.82. The van der Waals surface area contributed by atoms with Gasteiger partial charge in [-0.05, 0) is 42.1 Å². The maximum atomic E-state index is 14.4. The first-order valence-corrected chi connectivity index (χ1v) is 11.2. The number of carbonyl (C=O) groups is 3. The van der Waals surface area contributed by atoms with Crippen LogP contribution in [0.2, 0.25) is 0 Å². The lowest BCUT2D eigenvalue weighted by Gasteiger charge is -2.51. The Hall–Kier alpha value is -1.73. The fourth-order valence-electron chi connectivity index (χ4n) is 7.55. The van der Waals surface area contributed by atoms with Crippen LogP contribution in [0.3, 0.4) is 0 Å². The minimum absolute atomic E-state index is 0.0129. The highest BCUT2D eigenvalue weighted by Crippen LogP contribution is 2.73. The van der Waals surface area contributed by atoms with Crippen molar-refractivity contribution in [2.24, 2.45) is 40.4 Å². The number of fused-ring (bicyclic) bond motifs is 3. The Morgan fingerprint density at radius 2 is 1.74 bits per heavy atom. The van der Waals surface area contributed by atoms with Crippen LogP contribution in [-0.2, 0) is 23.9 Å². The van der Waals surface area contributed by atoms with Crippen LogP contribution in [0.1, 0.15) is 54.9 Å². The lowest BCUT2D eigenvalue weighted by Crippen LogP contribution is -2.68. The van der Waals surface area contributed by atoms with Crippen molar-refractivity contribution in [2.45, 2.75) is 78.8 Å². The first kappa shape index (κ1) is 22.5. The van der Waals surface area contributed by atoms with Gasteiger partial charge in [-0.15, -0.1) is 0 Å². The Kier molecular flexibility index (Phi) is 4.81. The Morgan fingerprint density at radius 1 is 1.13 bits per heavy atom. The van der Waals surface area contributed by atoms with E-state index in [0.29, 0.717) is 12.0 Å². The molecule has 3 saturated carbocycles. The maximum absolute atomic E-state index is 14.4. The molecule has 0 aromatic carbocycles. The van der Waals surface area contributed by atoms with E-state index in [1.54, 1.807) is 19.9 Å². The predicted octanol–water partition coefficient (Wildman–Crippen LogP) is 2.04. The summed E-state index contributed by atoms with van der Waals surface area (Å²) >= 11 is 0. The molecule has 7 heteroatoms. The van der Waals surface area contributed by atoms with Crippen LogP contribution in [0.4, 0.5) is 0 Å². The third-order valence-corrected chi connectivity index (χ3v) is 8.97. The summed E-state index contributed by atoms with van der Waals surface area (Å²) in [5, 5.41) is 23.0. The second-order valence-corrected chi connectivity index (χ2v) is 10.9. The SMILES string of the molecule is CC(=O)OC1C(C)=CC23C(=O)[C@@H]([C@H](O)[C@H](C)[C@@H](O)[C@]12OC(C)=O)[C@H]1[C@@H](C[C@H]3C)C1(C)C. The van der Waals surface area contributed by atoms with E-state index in [0.717, 1.165) is 0 Å². The molecular formula is C24H34O7. The van der Waals surface area contributed by atoms with Crippen LogP contribution in [0.15, 0.2) is 11.6 Å². The summed E-state index contributed by atoms with van der Waals surface area (Å²) in [5.74, 6) is -3.01. The zero-order valence-corrected chi connectivity index (χ0v) is 19.3. The number of rotatable bonds is 2. The van der Waals surface area contributed by atoms with Crippen molar-refractivity contribution in [2.75, 3.05) is 0 Å². The number of esters is 2. The maximum Gasteiger partial charge on any atom is 0.303 e. The highest BCUT2D eigenvalue weighted by Gasteiger charge is 2.80. The summed E-state index contributed by atoms with van der Waals surface area (Å²) in [6, 6.07) is 0. The first-order valence-electron chi connectivity index (χ1n) is 11.2. The molecule has 4 rings (SSSR count). The molecule has 2 bridgehead atoms. The van der Waals surface area contributed by atoms with Gasteiger partial charge in [0.25, 0.3) is 0 Å². The molecule has 2 N–H and O–H groups in total. The van der Waals surface area contributed by atoms with Crippen LogP contribution >= 0.6 is 0 Å². The average Bonchev–Trinajstić information content (AvgIpc) is 3.12. The molecule has 0 amide bonds. The van der Waals surface area contributed by atoms with Gasteiger partial charge >= 0.3 is 11.9 Å². The Bertz CT molecular complexity index is 875. The molecule has 172 valence electrons. The molecule has 7 nitrogen and oxygen atoms in total. The van der Waals surface area contributed by atoms with E-state index in [-0.39, 0.29) is 29.0 Å². The van der Waals surface area contributed by atoms with Crippen molar-refractivity contribution in [1.82, 2.24) is 0 Å². The van der Waals surface area contributed by atoms with E-state index in [1.807, 2.05) is 6.92 Å². The summed E-state index contributed by atoms with van der Waals surface area (Å²) in [4.78, 5) is 38.8. The van der Waals surface area contributed by atoms with Crippen molar-refractivity contribution in [1.29, 1.82) is 0 Å². The third kappa shape index (κ3) is 2.56. The first-order chi connectivity index (χ1) is 14.2. The lowest BCUT2D eigenvalue weighted by molar-refractivity contribution is -0.233. The van der Waals surface area contributed by atoms with Gasteiger partial charge in [0, 0.05) is 25.7 Å². The number of Topliss-reactive ketones (excluding diaryl/α,β-unsaturated/α-hetero) is 1. The number of carbonyl (C=O) groups excluding carboxylic acids is 3. The van der Waals surface area contributed by atoms with Crippen molar-refractivity contribution >= 4 is 17.7 Å². The van der Waals surface area contributed by atoms with Crippen molar-refractivity contribution in [3.05, 3.63) is 11.6 Å². The Balaban J connectivity index is 2.03. The quantitative estimate of drug-likeness (QED) is 0.505. The van der Waals surface area contributed by atoms with Gasteiger partial charge in [0.05, 0.1) is 11.5 Å². The summed E-state index contributed by atoms with van der Waals surface area (Å²) in [6.45, 7) is 12.1. The number of ketones is 1. The number of aliphatic hydroxyl groups excluding tert-OH is 2. The number of ether oxygens (including phenoxy) is 2. The van der Waals surface area contributed by atoms with Gasteiger partial charge in [-0.25, -0.2) is 0 Å². The molecule has 10 atom stereocenters. The molecule has 0 heterocycles. The minimum Gasteiger partial charge on any atom is -0.454 e. The van der Waals surface area contributed by atoms with Crippen LogP contribution in [0.25, 0.3) is 0 Å². The van der Waals surface area contributed by atoms with Gasteiger partial charge in [-0.1, -0.05) is 33.8 Å². The van der Waals surface area contributed by atoms with Gasteiger partial charge in [0.2, 0.25) is 0 Å². The molecule has 3 fully saturated rings. The molecule has 31 heavy (non-hydrogen) atoms. The van der Waals surface area contributed by atoms with Crippen LogP contribution in [0.5, 0.6) is 0 Å². The van der Waals surface area contributed by atoms with Crippen LogP contribution < -0.4 is 0 Å². The molecule has 4 aliphatic rings. The number of hydrogen-bond donors (Lipinski definition) is 2. The summed E-state index contributed by atoms with van der Waals surface area (Å²) < 4.78 is 11.6. The lowest BCUT2D eigenvalue weighted by atomic mass is 9.59. The monoisotopic (exact) mass is 434 g/mol. The average molecular weight is 435 g/mol. The highest BCUT2D eigenvalue weighted by atomic mass is 16.6. The van der Waals surface area contributed by atoms with Gasteiger partial charge in [0.15, 0.2) is 17.5 Å². The molecule has 1 spiro atoms. The van der Waals surface area contributed by atoms with E-state index in [9.17, 15) is 24.6 Å². The largest absolute Gasteiger partial charge is 0.454 e. The van der Waals surface area contributed by atoms with Gasteiger partial charge in [-0.2, -0.15) is 0 Å². The molecule has 0 aromatic heterocycles. The predicted molar refractivity (Wildman–Crippen MR) is 110 cm³/mol. The van der Waals surface area contributed by atoms with Crippen LogP contribution in [0, 0.1) is 40.4 Å². The molecule has 4 aliphatic carbocycles. The molecule has 2 unspecified atom stereocenters. The normalized spacial score (nSPS) is 49.7. The fourth-order valence-corrected chi connectivity index (χ4v) is 7.55. The number of hydrogen-bond acceptors (Lipinski definition) is 7. The summed E-state index contributed by atoms with van der Waals surface area (Å²) in [7, 11) is 0. The second kappa shape index (κ2) is 6.64.